The molecule has 5 heteroatoms. The van der Waals surface area contributed by atoms with Crippen molar-refractivity contribution in [3.63, 3.8) is 0 Å². The van der Waals surface area contributed by atoms with Crippen LogP contribution in [0.25, 0.3) is 0 Å². The Labute approximate surface area is 106 Å². The summed E-state index contributed by atoms with van der Waals surface area (Å²) >= 11 is 1.60. The van der Waals surface area contributed by atoms with Gasteiger partial charge in [0.1, 0.15) is 5.01 Å². The molecule has 0 bridgehead atoms. The fraction of sp³-hybridized carbons (Fsp3) is 0.667. The molecule has 1 saturated heterocycles. The Balaban J connectivity index is 1.88. The Morgan fingerprint density at radius 2 is 2.29 bits per heavy atom. The van der Waals surface area contributed by atoms with Crippen LogP contribution in [0.2, 0.25) is 0 Å². The average molecular weight is 253 g/mol. The maximum atomic E-state index is 12.1. The number of piperidine rings is 1. The fourth-order valence-corrected chi connectivity index (χ4v) is 2.77. The second-order valence-corrected chi connectivity index (χ2v) is 5.82. The molecule has 0 atom stereocenters. The molecule has 2 N–H and O–H groups in total. The summed E-state index contributed by atoms with van der Waals surface area (Å²) in [7, 11) is 0. The van der Waals surface area contributed by atoms with E-state index in [-0.39, 0.29) is 11.3 Å². The number of nitrogens with zero attached hydrogens (tertiary/aromatic N) is 1. The van der Waals surface area contributed by atoms with Crippen molar-refractivity contribution in [2.75, 3.05) is 13.1 Å². The minimum Gasteiger partial charge on any atom is -0.349 e. The standard InChI is InChI=1S/C12H19N3OS/c1-9-8-17-10(15-9)7-14-11(16)12(2)3-5-13-6-4-12/h8,13H,3-7H2,1-2H3,(H,14,16). The lowest BCUT2D eigenvalue weighted by Gasteiger charge is -2.32. The first-order chi connectivity index (χ1) is 8.10. The van der Waals surface area contributed by atoms with Gasteiger partial charge in [0, 0.05) is 16.5 Å². The first kappa shape index (κ1) is 12.5. The van der Waals surface area contributed by atoms with Crippen molar-refractivity contribution in [2.24, 2.45) is 5.41 Å². The Hall–Kier alpha value is -0.940. The largest absolute Gasteiger partial charge is 0.349 e. The van der Waals surface area contributed by atoms with Gasteiger partial charge < -0.3 is 10.6 Å². The van der Waals surface area contributed by atoms with Gasteiger partial charge in [0.25, 0.3) is 0 Å². The second-order valence-electron chi connectivity index (χ2n) is 4.88. The summed E-state index contributed by atoms with van der Waals surface area (Å²) in [6, 6.07) is 0. The zero-order chi connectivity index (χ0) is 12.3. The Morgan fingerprint density at radius 1 is 1.59 bits per heavy atom. The van der Waals surface area contributed by atoms with Crippen LogP contribution in [-0.4, -0.2) is 24.0 Å². The summed E-state index contributed by atoms with van der Waals surface area (Å²) in [5.41, 5.74) is 0.810. The molecular weight excluding hydrogens is 234 g/mol. The smallest absolute Gasteiger partial charge is 0.226 e. The molecule has 1 aliphatic heterocycles. The third kappa shape index (κ3) is 3.04. The van der Waals surface area contributed by atoms with Gasteiger partial charge in [-0.05, 0) is 32.9 Å². The molecule has 0 saturated carbocycles. The third-order valence-corrected chi connectivity index (χ3v) is 4.29. The van der Waals surface area contributed by atoms with E-state index in [1.54, 1.807) is 11.3 Å². The third-order valence-electron chi connectivity index (χ3n) is 3.32. The molecule has 4 nitrogen and oxygen atoms in total. The average Bonchev–Trinajstić information content (AvgIpc) is 2.73. The molecule has 17 heavy (non-hydrogen) atoms. The predicted octanol–water partition coefficient (Wildman–Crippen LogP) is 1.46. The van der Waals surface area contributed by atoms with Gasteiger partial charge in [0.05, 0.1) is 6.54 Å². The number of amides is 1. The van der Waals surface area contributed by atoms with Crippen LogP contribution >= 0.6 is 11.3 Å². The highest BCUT2D eigenvalue weighted by Crippen LogP contribution is 2.28. The molecule has 0 unspecified atom stereocenters. The van der Waals surface area contributed by atoms with Crippen molar-refractivity contribution >= 4 is 17.2 Å². The fourth-order valence-electron chi connectivity index (χ4n) is 2.06. The highest BCUT2D eigenvalue weighted by atomic mass is 32.1. The molecule has 1 aromatic rings. The van der Waals surface area contributed by atoms with Crippen LogP contribution in [0.15, 0.2) is 5.38 Å². The molecular formula is C12H19N3OS. The van der Waals surface area contributed by atoms with Crippen LogP contribution in [0.5, 0.6) is 0 Å². The number of aryl methyl sites for hydroxylation is 1. The lowest BCUT2D eigenvalue weighted by atomic mass is 9.80. The molecule has 94 valence electrons. The number of aromatic nitrogens is 1. The molecule has 1 aliphatic rings. The van der Waals surface area contributed by atoms with E-state index < -0.39 is 0 Å². The number of rotatable bonds is 3. The lowest BCUT2D eigenvalue weighted by molar-refractivity contribution is -0.131. The number of carbonyl (C=O) groups excluding carboxylic acids is 1. The molecule has 0 aliphatic carbocycles. The Bertz CT molecular complexity index is 396. The molecule has 2 rings (SSSR count). The van der Waals surface area contributed by atoms with E-state index in [2.05, 4.69) is 22.5 Å². The minimum atomic E-state index is -0.211. The SMILES string of the molecule is Cc1csc(CNC(=O)C2(C)CCNCC2)n1. The summed E-state index contributed by atoms with van der Waals surface area (Å²) < 4.78 is 0. The number of nitrogens with one attached hydrogen (secondary N) is 2. The highest BCUT2D eigenvalue weighted by molar-refractivity contribution is 7.09. The van der Waals surface area contributed by atoms with Gasteiger partial charge in [-0.15, -0.1) is 11.3 Å². The number of thiazole rings is 1. The van der Waals surface area contributed by atoms with Gasteiger partial charge in [0.15, 0.2) is 0 Å². The van der Waals surface area contributed by atoms with Gasteiger partial charge in [-0.25, -0.2) is 4.98 Å². The summed E-state index contributed by atoms with van der Waals surface area (Å²) in [4.78, 5) is 16.5. The van der Waals surface area contributed by atoms with E-state index in [0.717, 1.165) is 36.6 Å². The van der Waals surface area contributed by atoms with E-state index >= 15 is 0 Å². The maximum absolute atomic E-state index is 12.1. The Morgan fingerprint density at radius 3 is 2.88 bits per heavy atom. The van der Waals surface area contributed by atoms with Gasteiger partial charge in [-0.1, -0.05) is 6.92 Å². The van der Waals surface area contributed by atoms with Crippen LogP contribution < -0.4 is 10.6 Å². The number of carbonyl (C=O) groups is 1. The summed E-state index contributed by atoms with van der Waals surface area (Å²) in [5, 5.41) is 9.27. The van der Waals surface area contributed by atoms with Crippen molar-refractivity contribution in [1.82, 2.24) is 15.6 Å². The van der Waals surface area contributed by atoms with Crippen molar-refractivity contribution in [3.8, 4) is 0 Å². The van der Waals surface area contributed by atoms with Crippen LogP contribution in [0.3, 0.4) is 0 Å². The van der Waals surface area contributed by atoms with Crippen LogP contribution in [0.1, 0.15) is 30.5 Å². The number of hydrogen-bond acceptors (Lipinski definition) is 4. The molecule has 0 aromatic carbocycles. The lowest BCUT2D eigenvalue weighted by Crippen LogP contribution is -2.45. The van der Waals surface area contributed by atoms with Crippen molar-refractivity contribution in [1.29, 1.82) is 0 Å². The number of hydrogen-bond donors (Lipinski definition) is 2. The normalized spacial score (nSPS) is 18.9. The maximum Gasteiger partial charge on any atom is 0.226 e. The second kappa shape index (κ2) is 5.14. The van der Waals surface area contributed by atoms with Crippen LogP contribution in [0, 0.1) is 12.3 Å². The van der Waals surface area contributed by atoms with Crippen LogP contribution in [0.4, 0.5) is 0 Å². The van der Waals surface area contributed by atoms with E-state index in [9.17, 15) is 4.79 Å². The van der Waals surface area contributed by atoms with Gasteiger partial charge in [-0.3, -0.25) is 4.79 Å². The topological polar surface area (TPSA) is 54.0 Å². The van der Waals surface area contributed by atoms with Gasteiger partial charge in [0.2, 0.25) is 5.91 Å². The van der Waals surface area contributed by atoms with Crippen molar-refractivity contribution in [2.45, 2.75) is 33.2 Å². The quantitative estimate of drug-likeness (QED) is 0.857. The van der Waals surface area contributed by atoms with Crippen molar-refractivity contribution in [3.05, 3.63) is 16.1 Å². The monoisotopic (exact) mass is 253 g/mol. The first-order valence-corrected chi connectivity index (χ1v) is 6.88. The summed E-state index contributed by atoms with van der Waals surface area (Å²) in [5.74, 6) is 0.159. The molecule has 1 fully saturated rings. The molecule has 1 aromatic heterocycles. The molecule has 0 spiro atoms. The van der Waals surface area contributed by atoms with Crippen LogP contribution in [-0.2, 0) is 11.3 Å². The van der Waals surface area contributed by atoms with Gasteiger partial charge in [-0.2, -0.15) is 0 Å². The predicted molar refractivity (Wildman–Crippen MR) is 68.9 cm³/mol. The van der Waals surface area contributed by atoms with E-state index in [0.29, 0.717) is 6.54 Å². The van der Waals surface area contributed by atoms with E-state index in [1.165, 1.54) is 0 Å². The zero-order valence-electron chi connectivity index (χ0n) is 10.4. The molecule has 2 heterocycles. The highest BCUT2D eigenvalue weighted by Gasteiger charge is 2.34. The Kier molecular flexibility index (Phi) is 3.79. The van der Waals surface area contributed by atoms with Crippen molar-refractivity contribution < 1.29 is 4.79 Å². The summed E-state index contributed by atoms with van der Waals surface area (Å²) in [6.07, 6.45) is 1.82. The summed E-state index contributed by atoms with van der Waals surface area (Å²) in [6.45, 7) is 6.44. The van der Waals surface area contributed by atoms with E-state index in [4.69, 9.17) is 0 Å². The zero-order valence-corrected chi connectivity index (χ0v) is 11.2. The van der Waals surface area contributed by atoms with Gasteiger partial charge >= 0.3 is 0 Å². The minimum absolute atomic E-state index is 0.159. The molecule has 1 amide bonds. The first-order valence-electron chi connectivity index (χ1n) is 6.00. The molecule has 0 radical (unpaired) electrons. The van der Waals surface area contributed by atoms with E-state index in [1.807, 2.05) is 12.3 Å².